The van der Waals surface area contributed by atoms with Crippen LogP contribution < -0.4 is 0 Å². The predicted octanol–water partition coefficient (Wildman–Crippen LogP) is 3.68. The lowest BCUT2D eigenvalue weighted by Gasteiger charge is -2.15. The highest BCUT2D eigenvalue weighted by Crippen LogP contribution is 2.26. The molecular formula is C13H14. The third kappa shape index (κ3) is 1.89. The average molecular weight is 170 g/mol. The summed E-state index contributed by atoms with van der Waals surface area (Å²) in [6, 6.07) is 10.7. The number of rotatable bonds is 1. The summed E-state index contributed by atoms with van der Waals surface area (Å²) in [5.74, 6) is 0.589. The molecule has 1 aliphatic carbocycles. The van der Waals surface area contributed by atoms with Crippen LogP contribution in [0.15, 0.2) is 54.1 Å². The Hall–Kier alpha value is -1.30. The summed E-state index contributed by atoms with van der Waals surface area (Å²) in [5.41, 5.74) is 2.80. The lowest BCUT2D eigenvalue weighted by Crippen LogP contribution is -1.97. The van der Waals surface area contributed by atoms with Gasteiger partial charge in [-0.05, 0) is 18.9 Å². The summed E-state index contributed by atoms with van der Waals surface area (Å²) in [7, 11) is 0. The van der Waals surface area contributed by atoms with Crippen LogP contribution in [-0.2, 0) is 0 Å². The van der Waals surface area contributed by atoms with E-state index in [1.807, 2.05) is 0 Å². The smallest absolute Gasteiger partial charge is 0.00583 e. The van der Waals surface area contributed by atoms with Crippen molar-refractivity contribution in [3.05, 3.63) is 59.7 Å². The van der Waals surface area contributed by atoms with E-state index in [4.69, 9.17) is 0 Å². The van der Waals surface area contributed by atoms with Gasteiger partial charge in [-0.2, -0.15) is 0 Å². The molecule has 0 N–H and O–H groups in total. The molecule has 13 heavy (non-hydrogen) atoms. The largest absolute Gasteiger partial charge is 0.0834 e. The van der Waals surface area contributed by atoms with Crippen LogP contribution >= 0.6 is 0 Å². The van der Waals surface area contributed by atoms with Gasteiger partial charge in [0.2, 0.25) is 0 Å². The summed E-state index contributed by atoms with van der Waals surface area (Å²) in [6.45, 7) is 2.16. The molecule has 0 bridgehead atoms. The second kappa shape index (κ2) is 3.61. The molecule has 0 aliphatic heterocycles. The molecule has 2 rings (SSSR count). The van der Waals surface area contributed by atoms with Crippen molar-refractivity contribution < 1.29 is 0 Å². The normalized spacial score (nSPS) is 21.3. The zero-order valence-electron chi connectivity index (χ0n) is 7.90. The molecule has 1 aliphatic rings. The topological polar surface area (TPSA) is 0 Å². The van der Waals surface area contributed by atoms with Gasteiger partial charge in [-0.3, -0.25) is 0 Å². The van der Waals surface area contributed by atoms with Crippen LogP contribution in [-0.4, -0.2) is 0 Å². The summed E-state index contributed by atoms with van der Waals surface area (Å²) in [4.78, 5) is 0. The Kier molecular flexibility index (Phi) is 2.31. The molecule has 0 saturated heterocycles. The van der Waals surface area contributed by atoms with Crippen LogP contribution in [0.2, 0.25) is 0 Å². The van der Waals surface area contributed by atoms with Crippen LogP contribution in [0.4, 0.5) is 0 Å². The molecular weight excluding hydrogens is 156 g/mol. The monoisotopic (exact) mass is 170 g/mol. The molecule has 0 fully saturated rings. The van der Waals surface area contributed by atoms with Crippen molar-refractivity contribution in [1.29, 1.82) is 0 Å². The van der Waals surface area contributed by atoms with Crippen LogP contribution in [0.1, 0.15) is 24.8 Å². The minimum absolute atomic E-state index is 0.589. The van der Waals surface area contributed by atoms with E-state index in [-0.39, 0.29) is 0 Å². The fourth-order valence-corrected chi connectivity index (χ4v) is 1.77. The predicted molar refractivity (Wildman–Crippen MR) is 56.7 cm³/mol. The highest BCUT2D eigenvalue weighted by atomic mass is 14.1. The first-order valence-corrected chi connectivity index (χ1v) is 4.76. The molecule has 0 aromatic heterocycles. The van der Waals surface area contributed by atoms with E-state index in [9.17, 15) is 0 Å². The molecule has 1 aromatic carbocycles. The van der Waals surface area contributed by atoms with Crippen molar-refractivity contribution in [2.45, 2.75) is 19.3 Å². The van der Waals surface area contributed by atoms with Crippen molar-refractivity contribution in [2.24, 2.45) is 0 Å². The maximum absolute atomic E-state index is 2.34. The highest BCUT2D eigenvalue weighted by molar-refractivity contribution is 5.32. The van der Waals surface area contributed by atoms with E-state index in [0.29, 0.717) is 5.92 Å². The maximum Gasteiger partial charge on any atom is 0.00583 e. The molecule has 0 saturated carbocycles. The fraction of sp³-hybridized carbons (Fsp3) is 0.231. The lowest BCUT2D eigenvalue weighted by atomic mass is 9.90. The van der Waals surface area contributed by atoms with Crippen molar-refractivity contribution in [3.8, 4) is 0 Å². The first-order valence-electron chi connectivity index (χ1n) is 4.76. The van der Waals surface area contributed by atoms with Gasteiger partial charge in [0.25, 0.3) is 0 Å². The van der Waals surface area contributed by atoms with E-state index in [0.717, 1.165) is 6.42 Å². The van der Waals surface area contributed by atoms with Gasteiger partial charge >= 0.3 is 0 Å². The van der Waals surface area contributed by atoms with E-state index in [2.05, 4.69) is 55.5 Å². The standard InChI is InChI=1S/C13H14/c1-11-6-5-9-13(10-11)12-7-3-2-4-8-12/h2-8,10,13H,9H2,1H3/t13-/m0/s1. The Bertz CT molecular complexity index is 330. The third-order valence-electron chi connectivity index (χ3n) is 2.46. The van der Waals surface area contributed by atoms with Gasteiger partial charge in [-0.25, -0.2) is 0 Å². The Labute approximate surface area is 79.6 Å². The quantitative estimate of drug-likeness (QED) is 0.603. The lowest BCUT2D eigenvalue weighted by molar-refractivity contribution is 0.843. The zero-order valence-corrected chi connectivity index (χ0v) is 7.90. The molecule has 1 aromatic rings. The minimum atomic E-state index is 0.589. The summed E-state index contributed by atoms with van der Waals surface area (Å²) in [5, 5.41) is 0. The van der Waals surface area contributed by atoms with E-state index >= 15 is 0 Å². The number of hydrogen-bond acceptors (Lipinski definition) is 0. The van der Waals surface area contributed by atoms with Crippen molar-refractivity contribution in [1.82, 2.24) is 0 Å². The fourth-order valence-electron chi connectivity index (χ4n) is 1.77. The molecule has 66 valence electrons. The molecule has 0 amide bonds. The zero-order chi connectivity index (χ0) is 9.10. The summed E-state index contributed by atoms with van der Waals surface area (Å²) in [6.07, 6.45) is 7.93. The number of allylic oxidation sites excluding steroid dienone is 4. The minimum Gasteiger partial charge on any atom is -0.0834 e. The van der Waals surface area contributed by atoms with Crippen molar-refractivity contribution in [2.75, 3.05) is 0 Å². The van der Waals surface area contributed by atoms with Crippen molar-refractivity contribution >= 4 is 0 Å². The Morgan fingerprint density at radius 2 is 1.92 bits per heavy atom. The molecule has 0 heterocycles. The van der Waals surface area contributed by atoms with Crippen molar-refractivity contribution in [3.63, 3.8) is 0 Å². The second-order valence-corrected chi connectivity index (χ2v) is 3.57. The first kappa shape index (κ1) is 8.31. The number of hydrogen-bond donors (Lipinski definition) is 0. The third-order valence-corrected chi connectivity index (χ3v) is 2.46. The van der Waals surface area contributed by atoms with Crippen LogP contribution in [0, 0.1) is 0 Å². The van der Waals surface area contributed by atoms with Gasteiger partial charge in [-0.15, -0.1) is 0 Å². The molecule has 0 nitrogen and oxygen atoms in total. The van der Waals surface area contributed by atoms with E-state index in [1.54, 1.807) is 0 Å². The molecule has 0 radical (unpaired) electrons. The van der Waals surface area contributed by atoms with Gasteiger partial charge < -0.3 is 0 Å². The van der Waals surface area contributed by atoms with Gasteiger partial charge in [-0.1, -0.05) is 54.1 Å². The van der Waals surface area contributed by atoms with E-state index in [1.165, 1.54) is 11.1 Å². The Morgan fingerprint density at radius 1 is 1.15 bits per heavy atom. The molecule has 0 spiro atoms. The summed E-state index contributed by atoms with van der Waals surface area (Å²) >= 11 is 0. The van der Waals surface area contributed by atoms with Gasteiger partial charge in [0, 0.05) is 5.92 Å². The van der Waals surface area contributed by atoms with Crippen LogP contribution in [0.25, 0.3) is 0 Å². The summed E-state index contributed by atoms with van der Waals surface area (Å²) < 4.78 is 0. The molecule has 0 unspecified atom stereocenters. The number of benzene rings is 1. The Morgan fingerprint density at radius 3 is 2.62 bits per heavy atom. The van der Waals surface area contributed by atoms with Crippen LogP contribution in [0.5, 0.6) is 0 Å². The first-order chi connectivity index (χ1) is 6.36. The van der Waals surface area contributed by atoms with Gasteiger partial charge in [0.15, 0.2) is 0 Å². The highest BCUT2D eigenvalue weighted by Gasteiger charge is 2.08. The average Bonchev–Trinajstić information content (AvgIpc) is 2.19. The molecule has 0 heteroatoms. The second-order valence-electron chi connectivity index (χ2n) is 3.57. The SMILES string of the molecule is CC1=C[C@@H](c2ccccc2)CC=C1. The van der Waals surface area contributed by atoms with E-state index < -0.39 is 0 Å². The molecule has 1 atom stereocenters. The maximum atomic E-state index is 2.34. The van der Waals surface area contributed by atoms with Gasteiger partial charge in [0.1, 0.15) is 0 Å². The van der Waals surface area contributed by atoms with Crippen LogP contribution in [0.3, 0.4) is 0 Å². The Balaban J connectivity index is 2.24. The van der Waals surface area contributed by atoms with Gasteiger partial charge in [0.05, 0.1) is 0 Å².